The molecule has 0 spiro atoms. The van der Waals surface area contributed by atoms with Gasteiger partial charge in [0, 0.05) is 29.9 Å². The van der Waals surface area contributed by atoms with Crippen molar-refractivity contribution in [3.8, 4) is 5.69 Å². The van der Waals surface area contributed by atoms with Gasteiger partial charge in [-0.15, -0.1) is 0 Å². The van der Waals surface area contributed by atoms with E-state index in [1.165, 1.54) is 6.07 Å². The molecule has 1 fully saturated rings. The van der Waals surface area contributed by atoms with E-state index < -0.39 is 11.6 Å². The smallest absolute Gasteiger partial charge is 0.274 e. The molecule has 7 heteroatoms. The van der Waals surface area contributed by atoms with Crippen LogP contribution in [0.15, 0.2) is 18.2 Å². The number of amides is 1. The summed E-state index contributed by atoms with van der Waals surface area (Å²) in [6.45, 7) is 0.199. The molecule has 1 aromatic carbocycles. The Morgan fingerprint density at radius 2 is 2.08 bits per heavy atom. The van der Waals surface area contributed by atoms with E-state index in [1.807, 2.05) is 0 Å². The lowest BCUT2D eigenvalue weighted by Gasteiger charge is -2.20. The fourth-order valence-corrected chi connectivity index (χ4v) is 3.52. The van der Waals surface area contributed by atoms with Crippen LogP contribution in [0.2, 0.25) is 0 Å². The molecule has 1 amide bonds. The van der Waals surface area contributed by atoms with Gasteiger partial charge in [-0.2, -0.15) is 5.10 Å². The van der Waals surface area contributed by atoms with Crippen molar-refractivity contribution in [3.05, 3.63) is 46.8 Å². The zero-order valence-electron chi connectivity index (χ0n) is 13.7. The summed E-state index contributed by atoms with van der Waals surface area (Å²) >= 11 is 0. The number of aliphatic hydroxyl groups excluding tert-OH is 1. The van der Waals surface area contributed by atoms with Gasteiger partial charge in [0.25, 0.3) is 5.91 Å². The first-order valence-corrected chi connectivity index (χ1v) is 8.58. The quantitative estimate of drug-likeness (QED) is 0.902. The largest absolute Gasteiger partial charge is 0.395 e. The third-order valence-corrected chi connectivity index (χ3v) is 4.87. The molecule has 5 nitrogen and oxygen atoms in total. The minimum atomic E-state index is -0.937. The maximum Gasteiger partial charge on any atom is 0.274 e. The second-order valence-electron chi connectivity index (χ2n) is 6.59. The van der Waals surface area contributed by atoms with Crippen LogP contribution >= 0.6 is 0 Å². The maximum absolute atomic E-state index is 13.6. The van der Waals surface area contributed by atoms with Gasteiger partial charge in [0.1, 0.15) is 0 Å². The topological polar surface area (TPSA) is 58.4 Å². The molecule has 0 saturated heterocycles. The highest BCUT2D eigenvalue weighted by atomic mass is 19.2. The van der Waals surface area contributed by atoms with Crippen molar-refractivity contribution < 1.29 is 18.7 Å². The van der Waals surface area contributed by atoms with Crippen molar-refractivity contribution in [3.63, 3.8) is 0 Å². The number of carbonyl (C=O) groups is 1. The molecule has 1 aromatic heterocycles. The van der Waals surface area contributed by atoms with Crippen LogP contribution in [-0.4, -0.2) is 44.9 Å². The molecule has 0 unspecified atom stereocenters. The number of hydrogen-bond donors (Lipinski definition) is 1. The van der Waals surface area contributed by atoms with Gasteiger partial charge in [-0.25, -0.2) is 13.5 Å². The highest BCUT2D eigenvalue weighted by molar-refractivity contribution is 5.94. The van der Waals surface area contributed by atoms with Crippen LogP contribution in [0.3, 0.4) is 0 Å². The summed E-state index contributed by atoms with van der Waals surface area (Å²) in [5.41, 5.74) is 2.56. The Labute approximate surface area is 143 Å². The van der Waals surface area contributed by atoms with Crippen LogP contribution in [-0.2, 0) is 12.8 Å². The Hall–Kier alpha value is -2.28. The fraction of sp³-hybridized carbons (Fsp3) is 0.444. The first-order valence-electron chi connectivity index (χ1n) is 8.58. The van der Waals surface area contributed by atoms with Gasteiger partial charge in [-0.1, -0.05) is 0 Å². The molecule has 2 aromatic rings. The number of nitrogens with zero attached hydrogens (tertiary/aromatic N) is 3. The number of benzene rings is 1. The third kappa shape index (κ3) is 2.82. The summed E-state index contributed by atoms with van der Waals surface area (Å²) in [5, 5.41) is 13.7. The summed E-state index contributed by atoms with van der Waals surface area (Å²) in [5.74, 6) is -2.03. The minimum absolute atomic E-state index is 0.0890. The molecule has 25 heavy (non-hydrogen) atoms. The molecule has 0 aliphatic heterocycles. The molecule has 1 saturated carbocycles. The first-order chi connectivity index (χ1) is 12.1. The molecule has 132 valence electrons. The van der Waals surface area contributed by atoms with E-state index in [9.17, 15) is 18.7 Å². The molecule has 0 atom stereocenters. The monoisotopic (exact) mass is 347 g/mol. The lowest BCUT2D eigenvalue weighted by molar-refractivity contribution is 0.0700. The highest BCUT2D eigenvalue weighted by Gasteiger charge is 2.36. The first kappa shape index (κ1) is 16.2. The van der Waals surface area contributed by atoms with Gasteiger partial charge < -0.3 is 10.0 Å². The Morgan fingerprint density at radius 1 is 1.28 bits per heavy atom. The van der Waals surface area contributed by atoms with Crippen molar-refractivity contribution in [2.45, 2.75) is 38.1 Å². The molecule has 1 N–H and O–H groups in total. The molecule has 2 aliphatic carbocycles. The van der Waals surface area contributed by atoms with Crippen molar-refractivity contribution in [2.75, 3.05) is 13.2 Å². The third-order valence-electron chi connectivity index (χ3n) is 4.87. The molecule has 0 radical (unpaired) electrons. The van der Waals surface area contributed by atoms with Crippen LogP contribution < -0.4 is 0 Å². The van der Waals surface area contributed by atoms with Gasteiger partial charge in [0.2, 0.25) is 0 Å². The summed E-state index contributed by atoms with van der Waals surface area (Å²) in [4.78, 5) is 14.6. The molecule has 4 rings (SSSR count). The molecular weight excluding hydrogens is 328 g/mol. The second kappa shape index (κ2) is 6.22. The van der Waals surface area contributed by atoms with E-state index in [0.29, 0.717) is 11.4 Å². The molecule has 0 bridgehead atoms. The zero-order chi connectivity index (χ0) is 17.6. The average Bonchev–Trinajstić information content (AvgIpc) is 3.20. The van der Waals surface area contributed by atoms with E-state index in [1.54, 1.807) is 9.58 Å². The second-order valence-corrected chi connectivity index (χ2v) is 6.59. The van der Waals surface area contributed by atoms with Crippen molar-refractivity contribution in [1.82, 2.24) is 14.7 Å². The Morgan fingerprint density at radius 3 is 2.76 bits per heavy atom. The molecular formula is C18H19F2N3O2. The number of carbonyl (C=O) groups excluding carboxylic acids is 1. The Kier molecular flexibility index (Phi) is 4.03. The predicted molar refractivity (Wildman–Crippen MR) is 86.6 cm³/mol. The minimum Gasteiger partial charge on any atom is -0.395 e. The van der Waals surface area contributed by atoms with Crippen LogP contribution in [0.4, 0.5) is 8.78 Å². The molecule has 2 aliphatic rings. The number of halogens is 2. The SMILES string of the molecule is O=C(c1nn(-c2ccc(F)c(F)c2)c2c1CCC2)N(CCO)C1CC1. The van der Waals surface area contributed by atoms with Gasteiger partial charge in [0.15, 0.2) is 17.3 Å². The van der Waals surface area contributed by atoms with E-state index >= 15 is 0 Å². The van der Waals surface area contributed by atoms with Gasteiger partial charge in [0.05, 0.1) is 12.3 Å². The van der Waals surface area contributed by atoms with E-state index in [0.717, 1.165) is 55.5 Å². The van der Waals surface area contributed by atoms with E-state index in [4.69, 9.17) is 0 Å². The number of fused-ring (bicyclic) bond motifs is 1. The lowest BCUT2D eigenvalue weighted by Crippen LogP contribution is -2.36. The molecule has 1 heterocycles. The van der Waals surface area contributed by atoms with E-state index in [-0.39, 0.29) is 25.1 Å². The van der Waals surface area contributed by atoms with Crippen LogP contribution in [0.5, 0.6) is 0 Å². The number of aliphatic hydroxyl groups is 1. The van der Waals surface area contributed by atoms with Crippen molar-refractivity contribution >= 4 is 5.91 Å². The Bertz CT molecular complexity index is 830. The number of aromatic nitrogens is 2. The summed E-state index contributed by atoms with van der Waals surface area (Å²) in [6.07, 6.45) is 4.28. The van der Waals surface area contributed by atoms with Crippen LogP contribution in [0.1, 0.15) is 41.0 Å². The number of hydrogen-bond acceptors (Lipinski definition) is 3. The maximum atomic E-state index is 13.6. The van der Waals surface area contributed by atoms with E-state index in [2.05, 4.69) is 5.10 Å². The summed E-state index contributed by atoms with van der Waals surface area (Å²) < 4.78 is 28.4. The summed E-state index contributed by atoms with van der Waals surface area (Å²) in [6, 6.07) is 3.80. The fourth-order valence-electron chi connectivity index (χ4n) is 3.52. The highest BCUT2D eigenvalue weighted by Crippen LogP contribution is 2.32. The average molecular weight is 347 g/mol. The van der Waals surface area contributed by atoms with Gasteiger partial charge in [-0.3, -0.25) is 4.79 Å². The van der Waals surface area contributed by atoms with Gasteiger partial charge >= 0.3 is 0 Å². The van der Waals surface area contributed by atoms with Crippen molar-refractivity contribution in [2.24, 2.45) is 0 Å². The van der Waals surface area contributed by atoms with Crippen LogP contribution in [0.25, 0.3) is 5.69 Å². The predicted octanol–water partition coefficient (Wildman–Crippen LogP) is 2.24. The zero-order valence-corrected chi connectivity index (χ0v) is 13.7. The lowest BCUT2D eigenvalue weighted by atomic mass is 10.2. The van der Waals surface area contributed by atoms with Crippen LogP contribution in [0, 0.1) is 11.6 Å². The normalized spacial score (nSPS) is 16.1. The Balaban J connectivity index is 1.74. The van der Waals surface area contributed by atoms with Crippen molar-refractivity contribution in [1.29, 1.82) is 0 Å². The number of rotatable bonds is 5. The standard InChI is InChI=1S/C18H19F2N3O2/c19-14-7-6-12(10-15(14)20)23-16-3-1-2-13(16)17(21-23)18(25)22(8-9-24)11-4-5-11/h6-7,10-11,24H,1-5,8-9H2. The summed E-state index contributed by atoms with van der Waals surface area (Å²) in [7, 11) is 0. The van der Waals surface area contributed by atoms with Gasteiger partial charge in [-0.05, 0) is 44.2 Å².